The van der Waals surface area contributed by atoms with Crippen LogP contribution in [0.5, 0.6) is 0 Å². The molecule has 0 bridgehead atoms. The highest BCUT2D eigenvalue weighted by Crippen LogP contribution is 2.17. The van der Waals surface area contributed by atoms with Gasteiger partial charge in [0.15, 0.2) is 6.10 Å². The van der Waals surface area contributed by atoms with Gasteiger partial charge in [-0.1, -0.05) is 306 Å². The molecule has 6 nitrogen and oxygen atoms in total. The van der Waals surface area contributed by atoms with Gasteiger partial charge in [0.25, 0.3) is 0 Å². The molecule has 0 N–H and O–H groups in total. The van der Waals surface area contributed by atoms with Crippen LogP contribution < -0.4 is 0 Å². The van der Waals surface area contributed by atoms with Gasteiger partial charge in [0, 0.05) is 19.3 Å². The molecule has 1 unspecified atom stereocenters. The summed E-state index contributed by atoms with van der Waals surface area (Å²) in [5.74, 6) is -0.855. The molecule has 0 aromatic carbocycles. The third-order valence-corrected chi connectivity index (χ3v) is 14.0. The molecule has 0 aliphatic rings. The standard InChI is InChI=1S/C68H120O6/c1-4-7-10-13-16-19-22-24-25-26-27-28-29-30-31-32-33-34-35-36-37-38-39-40-41-42-43-44-47-49-52-55-58-61-67(70)73-64-65(63-72-66(69)60-57-54-51-48-45-21-18-15-12-9-6-3)74-68(71)62-59-56-53-50-46-23-20-17-14-11-8-5-2/h7,10,16,19,24-25,27-28,30-31,33-34,65H,4-6,8-9,11-15,17-18,20-23,26,29,32,35-64H2,1-3H3/b10-7-,19-16-,25-24-,28-27-,31-30-,34-33-. The molecule has 0 spiro atoms. The Morgan fingerprint density at radius 2 is 0.527 bits per heavy atom. The molecule has 0 amide bonds. The number of allylic oxidation sites excluding steroid dienone is 12. The van der Waals surface area contributed by atoms with Crippen LogP contribution in [0.25, 0.3) is 0 Å². The lowest BCUT2D eigenvalue weighted by molar-refractivity contribution is -0.167. The number of hydrogen-bond donors (Lipinski definition) is 0. The van der Waals surface area contributed by atoms with E-state index in [2.05, 4.69) is 93.7 Å². The van der Waals surface area contributed by atoms with Gasteiger partial charge < -0.3 is 14.2 Å². The Bertz CT molecular complexity index is 1370. The number of rotatable bonds is 58. The third-order valence-electron chi connectivity index (χ3n) is 14.0. The maximum Gasteiger partial charge on any atom is 0.306 e. The first kappa shape index (κ1) is 70.8. The molecule has 0 fully saturated rings. The number of esters is 3. The Morgan fingerprint density at radius 1 is 0.284 bits per heavy atom. The summed E-state index contributed by atoms with van der Waals surface area (Å²) in [4.78, 5) is 38.1. The second-order valence-corrected chi connectivity index (χ2v) is 21.3. The Kier molecular flexibility index (Phi) is 59.7. The van der Waals surface area contributed by atoms with Gasteiger partial charge in [-0.3, -0.25) is 14.4 Å². The minimum Gasteiger partial charge on any atom is -0.462 e. The molecule has 0 radical (unpaired) electrons. The first-order chi connectivity index (χ1) is 36.5. The summed E-state index contributed by atoms with van der Waals surface area (Å²) in [6.07, 6.45) is 80.6. The normalized spacial score (nSPS) is 12.5. The van der Waals surface area contributed by atoms with E-state index in [0.29, 0.717) is 19.3 Å². The van der Waals surface area contributed by atoms with E-state index < -0.39 is 6.10 Å². The van der Waals surface area contributed by atoms with Crippen molar-refractivity contribution in [1.82, 2.24) is 0 Å². The summed E-state index contributed by atoms with van der Waals surface area (Å²) in [5, 5.41) is 0. The van der Waals surface area contributed by atoms with E-state index in [1.807, 2.05) is 0 Å². The quantitative estimate of drug-likeness (QED) is 0.0261. The molecule has 1 atom stereocenters. The van der Waals surface area contributed by atoms with E-state index in [4.69, 9.17) is 14.2 Å². The van der Waals surface area contributed by atoms with Crippen LogP contribution in [0, 0.1) is 0 Å². The van der Waals surface area contributed by atoms with Crippen molar-refractivity contribution in [2.75, 3.05) is 13.2 Å². The topological polar surface area (TPSA) is 78.9 Å². The zero-order valence-electron chi connectivity index (χ0n) is 49.1. The van der Waals surface area contributed by atoms with Crippen molar-refractivity contribution < 1.29 is 28.6 Å². The smallest absolute Gasteiger partial charge is 0.306 e. The highest BCUT2D eigenvalue weighted by Gasteiger charge is 2.19. The summed E-state index contributed by atoms with van der Waals surface area (Å²) >= 11 is 0. The Morgan fingerprint density at radius 3 is 0.824 bits per heavy atom. The SMILES string of the molecule is CC/C=C\C/C=C\C/C=C\C/C=C\C/C=C\C/C=C\CCCCCCCCCCCCCCCCC(=O)OCC(COC(=O)CCCCCCCCCCCCC)OC(=O)CCCCCCCCCCCCCC. The predicted molar refractivity (Wildman–Crippen MR) is 321 cm³/mol. The lowest BCUT2D eigenvalue weighted by atomic mass is 10.0. The maximum atomic E-state index is 12.8. The van der Waals surface area contributed by atoms with Crippen LogP contribution in [0.3, 0.4) is 0 Å². The number of hydrogen-bond acceptors (Lipinski definition) is 6. The second kappa shape index (κ2) is 62.4. The van der Waals surface area contributed by atoms with Crippen LogP contribution in [0.15, 0.2) is 72.9 Å². The minimum absolute atomic E-state index is 0.0688. The number of unbranched alkanes of at least 4 members (excludes halogenated alkanes) is 35. The van der Waals surface area contributed by atoms with Gasteiger partial charge in [-0.2, -0.15) is 0 Å². The molecule has 6 heteroatoms. The molecule has 0 rings (SSSR count). The Balaban J connectivity index is 4.08. The monoisotopic (exact) mass is 1030 g/mol. The summed E-state index contributed by atoms with van der Waals surface area (Å²) in [7, 11) is 0. The van der Waals surface area contributed by atoms with E-state index >= 15 is 0 Å². The molecule has 74 heavy (non-hydrogen) atoms. The van der Waals surface area contributed by atoms with Crippen LogP contribution in [-0.2, 0) is 28.6 Å². The number of carbonyl (C=O) groups is 3. The van der Waals surface area contributed by atoms with Crippen LogP contribution in [0.1, 0.15) is 323 Å². The molecule has 0 aliphatic heterocycles. The van der Waals surface area contributed by atoms with Crippen molar-refractivity contribution in [2.45, 2.75) is 329 Å². The van der Waals surface area contributed by atoms with Gasteiger partial charge in [-0.25, -0.2) is 0 Å². The van der Waals surface area contributed by atoms with Crippen molar-refractivity contribution in [1.29, 1.82) is 0 Å². The van der Waals surface area contributed by atoms with Crippen molar-refractivity contribution in [3.8, 4) is 0 Å². The predicted octanol–water partition coefficient (Wildman–Crippen LogP) is 21.7. The fourth-order valence-corrected chi connectivity index (χ4v) is 9.21. The molecular formula is C68H120O6. The lowest BCUT2D eigenvalue weighted by Gasteiger charge is -2.18. The van der Waals surface area contributed by atoms with Crippen molar-refractivity contribution in [3.05, 3.63) is 72.9 Å². The first-order valence-electron chi connectivity index (χ1n) is 31.9. The van der Waals surface area contributed by atoms with Crippen LogP contribution in [-0.4, -0.2) is 37.2 Å². The molecule has 0 heterocycles. The van der Waals surface area contributed by atoms with Crippen LogP contribution >= 0.6 is 0 Å². The molecule has 428 valence electrons. The van der Waals surface area contributed by atoms with Gasteiger partial charge in [0.05, 0.1) is 0 Å². The zero-order valence-corrected chi connectivity index (χ0v) is 49.1. The summed E-state index contributed by atoms with van der Waals surface area (Å²) in [6.45, 7) is 6.55. The third kappa shape index (κ3) is 59.7. The molecule has 0 saturated carbocycles. The van der Waals surface area contributed by atoms with E-state index in [0.717, 1.165) is 96.3 Å². The number of ether oxygens (including phenoxy) is 3. The zero-order chi connectivity index (χ0) is 53.6. The van der Waals surface area contributed by atoms with E-state index in [9.17, 15) is 14.4 Å². The summed E-state index contributed by atoms with van der Waals surface area (Å²) in [5.41, 5.74) is 0. The molecule has 0 aromatic rings. The van der Waals surface area contributed by atoms with Gasteiger partial charge in [0.1, 0.15) is 13.2 Å². The summed E-state index contributed by atoms with van der Waals surface area (Å²) in [6, 6.07) is 0. The Labute approximate surface area is 459 Å². The van der Waals surface area contributed by atoms with Crippen LogP contribution in [0.4, 0.5) is 0 Å². The van der Waals surface area contributed by atoms with E-state index in [1.54, 1.807) is 0 Å². The van der Waals surface area contributed by atoms with Gasteiger partial charge in [-0.15, -0.1) is 0 Å². The van der Waals surface area contributed by atoms with Crippen molar-refractivity contribution >= 4 is 17.9 Å². The minimum atomic E-state index is -0.769. The fraction of sp³-hybridized carbons (Fsp3) is 0.779. The van der Waals surface area contributed by atoms with Crippen molar-refractivity contribution in [3.63, 3.8) is 0 Å². The molecule has 0 aliphatic carbocycles. The van der Waals surface area contributed by atoms with Gasteiger partial charge >= 0.3 is 17.9 Å². The van der Waals surface area contributed by atoms with Gasteiger partial charge in [-0.05, 0) is 70.6 Å². The van der Waals surface area contributed by atoms with Gasteiger partial charge in [0.2, 0.25) is 0 Å². The second-order valence-electron chi connectivity index (χ2n) is 21.3. The fourth-order valence-electron chi connectivity index (χ4n) is 9.21. The van der Waals surface area contributed by atoms with Crippen molar-refractivity contribution in [2.24, 2.45) is 0 Å². The number of carbonyl (C=O) groups excluding carboxylic acids is 3. The van der Waals surface area contributed by atoms with E-state index in [1.165, 1.54) is 186 Å². The molecule has 0 aromatic heterocycles. The average molecular weight is 1030 g/mol. The molecular weight excluding hydrogens is 913 g/mol. The largest absolute Gasteiger partial charge is 0.462 e. The highest BCUT2D eigenvalue weighted by molar-refractivity contribution is 5.71. The van der Waals surface area contributed by atoms with E-state index in [-0.39, 0.29) is 31.1 Å². The average Bonchev–Trinajstić information content (AvgIpc) is 3.40. The van der Waals surface area contributed by atoms with Crippen LogP contribution in [0.2, 0.25) is 0 Å². The highest BCUT2D eigenvalue weighted by atomic mass is 16.6. The molecule has 0 saturated heterocycles. The lowest BCUT2D eigenvalue weighted by Crippen LogP contribution is -2.30. The Hall–Kier alpha value is -3.15. The summed E-state index contributed by atoms with van der Waals surface area (Å²) < 4.78 is 16.9. The first-order valence-corrected chi connectivity index (χ1v) is 31.9. The maximum absolute atomic E-state index is 12.8.